The number of hydrogen-bond donors (Lipinski definition) is 1. The molecule has 5 nitrogen and oxygen atoms in total. The molecular weight excluding hydrogens is 264 g/mol. The minimum absolute atomic E-state index is 0.631. The Kier molecular flexibility index (Phi) is 3.50. The summed E-state index contributed by atoms with van der Waals surface area (Å²) in [5, 5.41) is 18.6. The van der Waals surface area contributed by atoms with E-state index in [9.17, 15) is 5.11 Å². The van der Waals surface area contributed by atoms with Gasteiger partial charge in [-0.05, 0) is 43.7 Å². The number of aromatic nitrogens is 4. The number of aliphatic hydroxyl groups excluding tert-OH is 1. The van der Waals surface area contributed by atoms with Crippen molar-refractivity contribution in [2.45, 2.75) is 20.0 Å². The zero-order valence-electron chi connectivity index (χ0n) is 11.9. The summed E-state index contributed by atoms with van der Waals surface area (Å²) < 4.78 is 1.65. The molecule has 2 aromatic heterocycles. The van der Waals surface area contributed by atoms with E-state index in [0.29, 0.717) is 5.69 Å². The third-order valence-electron chi connectivity index (χ3n) is 3.28. The molecule has 1 aromatic carbocycles. The summed E-state index contributed by atoms with van der Waals surface area (Å²) in [6.07, 6.45) is 0.795. The zero-order chi connectivity index (χ0) is 14.8. The first-order chi connectivity index (χ1) is 10.1. The molecule has 0 aliphatic heterocycles. The first-order valence-corrected chi connectivity index (χ1v) is 6.74. The van der Waals surface area contributed by atoms with Gasteiger partial charge in [-0.25, -0.2) is 4.68 Å². The minimum atomic E-state index is -0.791. The number of nitrogens with zero attached hydrogens (tertiary/aromatic N) is 4. The Balaban J connectivity index is 2.03. The summed E-state index contributed by atoms with van der Waals surface area (Å²) in [6, 6.07) is 13.4. The third kappa shape index (κ3) is 2.68. The number of pyridine rings is 1. The van der Waals surface area contributed by atoms with E-state index in [-0.39, 0.29) is 0 Å². The lowest BCUT2D eigenvalue weighted by Gasteiger charge is -2.13. The second kappa shape index (κ2) is 5.46. The molecule has 0 saturated carbocycles. The van der Waals surface area contributed by atoms with Gasteiger partial charge in [0.25, 0.3) is 0 Å². The Labute approximate surface area is 122 Å². The van der Waals surface area contributed by atoms with E-state index in [0.717, 1.165) is 22.6 Å². The first kappa shape index (κ1) is 13.5. The van der Waals surface area contributed by atoms with Crippen LogP contribution in [-0.4, -0.2) is 25.1 Å². The highest BCUT2D eigenvalue weighted by molar-refractivity contribution is 5.35. The van der Waals surface area contributed by atoms with Gasteiger partial charge >= 0.3 is 0 Å². The summed E-state index contributed by atoms with van der Waals surface area (Å²) in [4.78, 5) is 4.33. The fourth-order valence-electron chi connectivity index (χ4n) is 2.39. The van der Waals surface area contributed by atoms with Crippen LogP contribution in [0.25, 0.3) is 5.69 Å². The van der Waals surface area contributed by atoms with E-state index in [4.69, 9.17) is 0 Å². The summed E-state index contributed by atoms with van der Waals surface area (Å²) in [6.45, 7) is 3.83. The summed E-state index contributed by atoms with van der Waals surface area (Å²) in [7, 11) is 0. The van der Waals surface area contributed by atoms with Crippen molar-refractivity contribution < 1.29 is 5.11 Å². The predicted octanol–water partition coefficient (Wildman–Crippen LogP) is 2.36. The molecule has 0 saturated heterocycles. The van der Waals surface area contributed by atoms with Crippen LogP contribution < -0.4 is 0 Å². The lowest BCUT2D eigenvalue weighted by molar-refractivity contribution is 0.211. The van der Waals surface area contributed by atoms with Crippen LogP contribution in [0.4, 0.5) is 0 Å². The van der Waals surface area contributed by atoms with Gasteiger partial charge in [-0.2, -0.15) is 0 Å². The Morgan fingerprint density at radius 1 is 1.05 bits per heavy atom. The maximum atomic E-state index is 10.6. The minimum Gasteiger partial charge on any atom is -0.382 e. The number of aliphatic hydroxyl groups is 1. The normalized spacial score (nSPS) is 12.3. The monoisotopic (exact) mass is 280 g/mol. The highest BCUT2D eigenvalue weighted by atomic mass is 16.3. The fraction of sp³-hybridized carbons (Fsp3) is 0.188. The molecule has 0 amide bonds. The maximum absolute atomic E-state index is 10.6. The zero-order valence-corrected chi connectivity index (χ0v) is 11.9. The maximum Gasteiger partial charge on any atom is 0.123 e. The van der Waals surface area contributed by atoms with Crippen LogP contribution in [0.2, 0.25) is 0 Å². The van der Waals surface area contributed by atoms with Crippen molar-refractivity contribution in [1.82, 2.24) is 20.0 Å². The molecule has 1 N–H and O–H groups in total. The predicted molar refractivity (Wildman–Crippen MR) is 79.1 cm³/mol. The molecule has 1 atom stereocenters. The fourth-order valence-corrected chi connectivity index (χ4v) is 2.39. The Morgan fingerprint density at radius 2 is 1.71 bits per heavy atom. The van der Waals surface area contributed by atoms with Gasteiger partial charge in [-0.1, -0.05) is 23.4 Å². The SMILES string of the molecule is Cc1cc(C(O)c2cnnn2-c2ccccc2)cc(C)n1. The van der Waals surface area contributed by atoms with Crippen molar-refractivity contribution >= 4 is 0 Å². The smallest absolute Gasteiger partial charge is 0.123 e. The van der Waals surface area contributed by atoms with Crippen LogP contribution in [0.15, 0.2) is 48.7 Å². The summed E-state index contributed by atoms with van der Waals surface area (Å²) in [5.41, 5.74) is 4.04. The Bertz CT molecular complexity index is 732. The van der Waals surface area contributed by atoms with Crippen LogP contribution in [0.5, 0.6) is 0 Å². The largest absolute Gasteiger partial charge is 0.382 e. The molecule has 0 aliphatic rings. The van der Waals surface area contributed by atoms with Crippen LogP contribution in [0.3, 0.4) is 0 Å². The molecular formula is C16H16N4O. The Morgan fingerprint density at radius 3 is 2.38 bits per heavy atom. The van der Waals surface area contributed by atoms with Gasteiger partial charge in [-0.3, -0.25) is 4.98 Å². The van der Waals surface area contributed by atoms with E-state index in [1.807, 2.05) is 56.3 Å². The number of benzene rings is 1. The molecule has 0 bridgehead atoms. The van der Waals surface area contributed by atoms with Crippen molar-refractivity contribution in [3.8, 4) is 5.69 Å². The molecule has 1 unspecified atom stereocenters. The number of aryl methyl sites for hydroxylation is 2. The number of rotatable bonds is 3. The number of hydrogen-bond acceptors (Lipinski definition) is 4. The van der Waals surface area contributed by atoms with E-state index >= 15 is 0 Å². The van der Waals surface area contributed by atoms with Crippen molar-refractivity contribution in [1.29, 1.82) is 0 Å². The quantitative estimate of drug-likeness (QED) is 0.800. The third-order valence-corrected chi connectivity index (χ3v) is 3.28. The average Bonchev–Trinajstić information content (AvgIpc) is 2.95. The molecule has 21 heavy (non-hydrogen) atoms. The van der Waals surface area contributed by atoms with Crippen LogP contribution in [-0.2, 0) is 0 Å². The van der Waals surface area contributed by atoms with E-state index in [1.54, 1.807) is 10.9 Å². The second-order valence-corrected chi connectivity index (χ2v) is 4.99. The molecule has 0 radical (unpaired) electrons. The van der Waals surface area contributed by atoms with Crippen LogP contribution in [0.1, 0.15) is 28.7 Å². The van der Waals surface area contributed by atoms with E-state index in [2.05, 4.69) is 15.3 Å². The molecule has 2 heterocycles. The van der Waals surface area contributed by atoms with Gasteiger partial charge in [0.05, 0.1) is 17.6 Å². The average molecular weight is 280 g/mol. The first-order valence-electron chi connectivity index (χ1n) is 6.74. The van der Waals surface area contributed by atoms with Gasteiger partial charge in [0.2, 0.25) is 0 Å². The van der Waals surface area contributed by atoms with Crippen molar-refractivity contribution in [2.75, 3.05) is 0 Å². The van der Waals surface area contributed by atoms with Crippen LogP contribution in [0, 0.1) is 13.8 Å². The molecule has 106 valence electrons. The molecule has 5 heteroatoms. The topological polar surface area (TPSA) is 63.8 Å². The van der Waals surface area contributed by atoms with Crippen molar-refractivity contribution in [3.63, 3.8) is 0 Å². The molecule has 3 rings (SSSR count). The standard InChI is InChI=1S/C16H16N4O/c1-11-8-13(9-12(2)18-11)16(21)15-10-17-19-20(15)14-6-4-3-5-7-14/h3-10,16,21H,1-2H3. The summed E-state index contributed by atoms with van der Waals surface area (Å²) >= 11 is 0. The van der Waals surface area contributed by atoms with Crippen molar-refractivity contribution in [3.05, 3.63) is 71.3 Å². The van der Waals surface area contributed by atoms with Gasteiger partial charge in [-0.15, -0.1) is 5.10 Å². The van der Waals surface area contributed by atoms with Crippen molar-refractivity contribution in [2.24, 2.45) is 0 Å². The number of para-hydroxylation sites is 1. The van der Waals surface area contributed by atoms with E-state index in [1.165, 1.54) is 0 Å². The van der Waals surface area contributed by atoms with Gasteiger partial charge < -0.3 is 5.11 Å². The highest BCUT2D eigenvalue weighted by Gasteiger charge is 2.18. The Hall–Kier alpha value is -2.53. The van der Waals surface area contributed by atoms with Gasteiger partial charge in [0.15, 0.2) is 0 Å². The van der Waals surface area contributed by atoms with Crippen LogP contribution >= 0.6 is 0 Å². The summed E-state index contributed by atoms with van der Waals surface area (Å²) in [5.74, 6) is 0. The highest BCUT2D eigenvalue weighted by Crippen LogP contribution is 2.24. The molecule has 0 spiro atoms. The molecule has 0 aliphatic carbocycles. The second-order valence-electron chi connectivity index (χ2n) is 4.99. The molecule has 0 fully saturated rings. The van der Waals surface area contributed by atoms with Gasteiger partial charge in [0.1, 0.15) is 6.10 Å². The van der Waals surface area contributed by atoms with E-state index < -0.39 is 6.10 Å². The lowest BCUT2D eigenvalue weighted by atomic mass is 10.1. The molecule has 3 aromatic rings. The lowest BCUT2D eigenvalue weighted by Crippen LogP contribution is -2.09. The van der Waals surface area contributed by atoms with Gasteiger partial charge in [0, 0.05) is 11.4 Å².